The SMILES string of the molecule is c1ccc2c(c1)c1cccc3c4ccccc4c4ncnc2c4c13. The third-order valence-electron chi connectivity index (χ3n) is 5.11. The number of rotatable bonds is 0. The molecule has 2 heteroatoms. The third kappa shape index (κ3) is 1.32. The Bertz CT molecular complexity index is 1190. The van der Waals surface area contributed by atoms with E-state index in [2.05, 4.69) is 76.7 Å². The molecule has 0 radical (unpaired) electrons. The fraction of sp³-hybridized carbons (Fsp3) is 0. The van der Waals surface area contributed by atoms with Crippen LogP contribution < -0.4 is 0 Å². The molecule has 2 nitrogen and oxygen atoms in total. The summed E-state index contributed by atoms with van der Waals surface area (Å²) in [5, 5.41) is 9.92. The molecule has 0 bridgehead atoms. The smallest absolute Gasteiger partial charge is 0.116 e. The van der Waals surface area contributed by atoms with Crippen molar-refractivity contribution in [1.29, 1.82) is 0 Å². The Labute approximate surface area is 137 Å². The highest BCUT2D eigenvalue weighted by Crippen LogP contribution is 2.42. The van der Waals surface area contributed by atoms with Crippen molar-refractivity contribution >= 4 is 54.1 Å². The molecule has 24 heavy (non-hydrogen) atoms. The van der Waals surface area contributed by atoms with Gasteiger partial charge >= 0.3 is 0 Å². The van der Waals surface area contributed by atoms with Crippen molar-refractivity contribution in [2.24, 2.45) is 0 Å². The molecule has 1 aromatic heterocycles. The van der Waals surface area contributed by atoms with Crippen LogP contribution in [0.2, 0.25) is 0 Å². The van der Waals surface area contributed by atoms with Crippen molar-refractivity contribution in [2.75, 3.05) is 0 Å². The molecule has 110 valence electrons. The maximum atomic E-state index is 4.66. The summed E-state index contributed by atoms with van der Waals surface area (Å²) in [7, 11) is 0. The highest BCUT2D eigenvalue weighted by Gasteiger charge is 2.17. The quantitative estimate of drug-likeness (QED) is 0.266. The van der Waals surface area contributed by atoms with Gasteiger partial charge in [-0.05, 0) is 21.5 Å². The summed E-state index contributed by atoms with van der Waals surface area (Å²) in [6.07, 6.45) is 1.70. The lowest BCUT2D eigenvalue weighted by Gasteiger charge is -2.15. The molecule has 1 heterocycles. The molecule has 6 rings (SSSR count). The Kier molecular flexibility index (Phi) is 2.12. The number of hydrogen-bond acceptors (Lipinski definition) is 2. The van der Waals surface area contributed by atoms with E-state index in [9.17, 15) is 0 Å². The number of nitrogens with zero attached hydrogens (tertiary/aromatic N) is 2. The predicted octanol–water partition coefficient (Wildman–Crippen LogP) is 5.68. The van der Waals surface area contributed by atoms with E-state index < -0.39 is 0 Å². The van der Waals surface area contributed by atoms with Crippen LogP contribution in [-0.2, 0) is 0 Å². The standard InChI is InChI=1S/C22H12N2/c1-3-8-17-13(6-1)15-10-5-11-16-14-7-2-4-9-18(14)22-20(19(15)16)21(17)23-12-24-22/h1-12H. The van der Waals surface area contributed by atoms with Gasteiger partial charge in [-0.2, -0.15) is 0 Å². The zero-order chi connectivity index (χ0) is 15.7. The molecule has 0 aliphatic heterocycles. The molecule has 0 spiro atoms. The fourth-order valence-electron chi connectivity index (χ4n) is 4.15. The van der Waals surface area contributed by atoms with Crippen molar-refractivity contribution in [1.82, 2.24) is 9.97 Å². The van der Waals surface area contributed by atoms with Gasteiger partial charge in [0.15, 0.2) is 0 Å². The van der Waals surface area contributed by atoms with Crippen LogP contribution in [0.1, 0.15) is 0 Å². The summed E-state index contributed by atoms with van der Waals surface area (Å²) in [5.74, 6) is 0. The first-order valence-corrected chi connectivity index (χ1v) is 8.11. The van der Waals surface area contributed by atoms with Gasteiger partial charge in [-0.15, -0.1) is 0 Å². The molecule has 0 aliphatic carbocycles. The normalized spacial score (nSPS) is 12.2. The number of hydrogen-bond donors (Lipinski definition) is 0. The molecule has 0 amide bonds. The Hall–Kier alpha value is -3.26. The monoisotopic (exact) mass is 304 g/mol. The molecular weight excluding hydrogens is 292 g/mol. The Balaban J connectivity index is 2.16. The van der Waals surface area contributed by atoms with Gasteiger partial charge in [0.2, 0.25) is 0 Å². The van der Waals surface area contributed by atoms with Crippen molar-refractivity contribution in [3.63, 3.8) is 0 Å². The lowest BCUT2D eigenvalue weighted by Crippen LogP contribution is -1.92. The second-order valence-corrected chi connectivity index (χ2v) is 6.27. The molecule has 0 saturated carbocycles. The summed E-state index contributed by atoms with van der Waals surface area (Å²) in [4.78, 5) is 9.31. The Morgan fingerprint density at radius 3 is 1.42 bits per heavy atom. The minimum absolute atomic E-state index is 1.05. The summed E-state index contributed by atoms with van der Waals surface area (Å²) in [6.45, 7) is 0. The van der Waals surface area contributed by atoms with Gasteiger partial charge in [0.1, 0.15) is 6.33 Å². The molecule has 5 aromatic carbocycles. The molecule has 0 N–H and O–H groups in total. The van der Waals surface area contributed by atoms with Gasteiger partial charge < -0.3 is 0 Å². The van der Waals surface area contributed by atoms with E-state index in [4.69, 9.17) is 0 Å². The maximum Gasteiger partial charge on any atom is 0.116 e. The lowest BCUT2D eigenvalue weighted by molar-refractivity contribution is 1.27. The summed E-state index contributed by atoms with van der Waals surface area (Å²) < 4.78 is 0. The van der Waals surface area contributed by atoms with E-state index in [1.54, 1.807) is 6.33 Å². The zero-order valence-corrected chi connectivity index (χ0v) is 12.8. The van der Waals surface area contributed by atoms with Gasteiger partial charge in [-0.25, -0.2) is 9.97 Å². The fourth-order valence-corrected chi connectivity index (χ4v) is 4.15. The first kappa shape index (κ1) is 12.2. The minimum atomic E-state index is 1.05. The van der Waals surface area contributed by atoms with E-state index >= 15 is 0 Å². The van der Waals surface area contributed by atoms with Gasteiger partial charge in [-0.1, -0.05) is 66.7 Å². The summed E-state index contributed by atoms with van der Waals surface area (Å²) in [6, 6.07) is 23.6. The van der Waals surface area contributed by atoms with E-state index in [0.717, 1.165) is 11.0 Å². The van der Waals surface area contributed by atoms with Crippen LogP contribution in [0.5, 0.6) is 0 Å². The highest BCUT2D eigenvalue weighted by atomic mass is 14.8. The summed E-state index contributed by atoms with van der Waals surface area (Å²) in [5.41, 5.74) is 2.09. The van der Waals surface area contributed by atoms with Crippen LogP contribution in [0.3, 0.4) is 0 Å². The zero-order valence-electron chi connectivity index (χ0n) is 12.8. The number of aromatic nitrogens is 2. The first-order chi connectivity index (χ1) is 11.9. The van der Waals surface area contributed by atoms with Crippen LogP contribution in [0.15, 0.2) is 73.1 Å². The molecule has 0 aliphatic rings. The van der Waals surface area contributed by atoms with Gasteiger partial charge in [0.25, 0.3) is 0 Å². The van der Waals surface area contributed by atoms with E-state index in [1.165, 1.54) is 43.1 Å². The van der Waals surface area contributed by atoms with Gasteiger partial charge in [-0.3, -0.25) is 0 Å². The van der Waals surface area contributed by atoms with Crippen LogP contribution in [0.4, 0.5) is 0 Å². The van der Waals surface area contributed by atoms with E-state index in [0.29, 0.717) is 0 Å². The lowest BCUT2D eigenvalue weighted by atomic mass is 9.90. The van der Waals surface area contributed by atoms with Crippen molar-refractivity contribution in [3.05, 3.63) is 73.1 Å². The molecular formula is C22H12N2. The molecule has 0 atom stereocenters. The van der Waals surface area contributed by atoms with Crippen LogP contribution in [0, 0.1) is 0 Å². The first-order valence-electron chi connectivity index (χ1n) is 8.11. The van der Waals surface area contributed by atoms with Gasteiger partial charge in [0.05, 0.1) is 11.0 Å². The largest absolute Gasteiger partial charge is 0.236 e. The molecule has 0 fully saturated rings. The third-order valence-corrected chi connectivity index (χ3v) is 5.11. The Morgan fingerprint density at radius 2 is 0.875 bits per heavy atom. The van der Waals surface area contributed by atoms with Crippen LogP contribution in [-0.4, -0.2) is 9.97 Å². The van der Waals surface area contributed by atoms with Crippen LogP contribution in [0.25, 0.3) is 54.1 Å². The Morgan fingerprint density at radius 1 is 0.417 bits per heavy atom. The van der Waals surface area contributed by atoms with Crippen LogP contribution >= 0.6 is 0 Å². The van der Waals surface area contributed by atoms with Crippen molar-refractivity contribution < 1.29 is 0 Å². The second-order valence-electron chi connectivity index (χ2n) is 6.27. The van der Waals surface area contributed by atoms with Crippen molar-refractivity contribution in [2.45, 2.75) is 0 Å². The number of benzene rings is 5. The maximum absolute atomic E-state index is 4.66. The summed E-state index contributed by atoms with van der Waals surface area (Å²) >= 11 is 0. The molecule has 0 unspecified atom stereocenters. The predicted molar refractivity (Wildman–Crippen MR) is 101 cm³/mol. The van der Waals surface area contributed by atoms with Gasteiger partial charge in [0, 0.05) is 21.5 Å². The van der Waals surface area contributed by atoms with E-state index in [-0.39, 0.29) is 0 Å². The highest BCUT2D eigenvalue weighted by molar-refractivity contribution is 6.38. The second kappa shape index (κ2) is 4.18. The number of fused-ring (bicyclic) bond motifs is 6. The minimum Gasteiger partial charge on any atom is -0.236 e. The molecule has 0 saturated heterocycles. The average molecular weight is 304 g/mol. The topological polar surface area (TPSA) is 25.8 Å². The van der Waals surface area contributed by atoms with Crippen molar-refractivity contribution in [3.8, 4) is 0 Å². The van der Waals surface area contributed by atoms with E-state index in [1.807, 2.05) is 0 Å². The molecule has 6 aromatic rings. The average Bonchev–Trinajstić information content (AvgIpc) is 2.67.